The molecule has 1 aromatic carbocycles. The smallest absolute Gasteiger partial charge is 0.341 e. The minimum absolute atomic E-state index is 0. The highest BCUT2D eigenvalue weighted by molar-refractivity contribution is 5.90. The normalized spacial score (nSPS) is 9.95. The Balaban J connectivity index is 0.00000200. The minimum atomic E-state index is -0.346. The van der Waals surface area contributed by atoms with Crippen LogP contribution in [0.4, 0.5) is 0 Å². The van der Waals surface area contributed by atoms with Gasteiger partial charge in [0, 0.05) is 12.7 Å². The second kappa shape index (κ2) is 7.07. The number of nitrogens with zero attached hydrogens (tertiary/aromatic N) is 2. The Kier molecular flexibility index (Phi) is 5.73. The summed E-state index contributed by atoms with van der Waals surface area (Å²) in [6.07, 6.45) is 1.68. The number of hydrogen-bond donors (Lipinski definition) is 1. The highest BCUT2D eigenvalue weighted by Gasteiger charge is 2.14. The SMILES string of the molecule is CCOC(=O)c1cn(-c2cccc(CN)c2)nc1C.Cl. The average Bonchev–Trinajstić information content (AvgIpc) is 2.81. The predicted molar refractivity (Wildman–Crippen MR) is 79.4 cm³/mol. The number of rotatable bonds is 4. The van der Waals surface area contributed by atoms with Gasteiger partial charge in [0.1, 0.15) is 5.56 Å². The van der Waals surface area contributed by atoms with Crippen molar-refractivity contribution in [3.63, 3.8) is 0 Å². The lowest BCUT2D eigenvalue weighted by molar-refractivity contribution is 0.0525. The van der Waals surface area contributed by atoms with Gasteiger partial charge >= 0.3 is 5.97 Å². The molecule has 0 aliphatic rings. The van der Waals surface area contributed by atoms with E-state index in [2.05, 4.69) is 5.10 Å². The lowest BCUT2D eigenvalue weighted by atomic mass is 10.2. The van der Waals surface area contributed by atoms with Crippen LogP contribution in [-0.4, -0.2) is 22.4 Å². The molecule has 0 amide bonds. The molecular weight excluding hydrogens is 278 g/mol. The number of benzene rings is 1. The molecule has 0 aliphatic carbocycles. The highest BCUT2D eigenvalue weighted by Crippen LogP contribution is 2.14. The van der Waals surface area contributed by atoms with Crippen molar-refractivity contribution < 1.29 is 9.53 Å². The van der Waals surface area contributed by atoms with Gasteiger partial charge in [-0.25, -0.2) is 9.48 Å². The number of carbonyl (C=O) groups is 1. The molecule has 0 saturated heterocycles. The molecule has 2 N–H and O–H groups in total. The minimum Gasteiger partial charge on any atom is -0.462 e. The number of ether oxygens (including phenoxy) is 1. The number of halogens is 1. The summed E-state index contributed by atoms with van der Waals surface area (Å²) in [7, 11) is 0. The molecule has 1 aromatic heterocycles. The fourth-order valence-corrected chi connectivity index (χ4v) is 1.83. The van der Waals surface area contributed by atoms with Gasteiger partial charge in [0.05, 0.1) is 18.0 Å². The van der Waals surface area contributed by atoms with Crippen LogP contribution in [0.5, 0.6) is 0 Å². The first-order valence-electron chi connectivity index (χ1n) is 6.18. The van der Waals surface area contributed by atoms with E-state index in [4.69, 9.17) is 10.5 Å². The Morgan fingerprint density at radius 3 is 2.85 bits per heavy atom. The van der Waals surface area contributed by atoms with E-state index < -0.39 is 0 Å². The molecule has 0 radical (unpaired) electrons. The number of aromatic nitrogens is 2. The number of aryl methyl sites for hydroxylation is 1. The molecule has 2 aromatic rings. The summed E-state index contributed by atoms with van der Waals surface area (Å²) in [6, 6.07) is 7.73. The van der Waals surface area contributed by atoms with Gasteiger partial charge in [0.2, 0.25) is 0 Å². The quantitative estimate of drug-likeness (QED) is 0.878. The van der Waals surface area contributed by atoms with Gasteiger partial charge in [0.15, 0.2) is 0 Å². The topological polar surface area (TPSA) is 70.1 Å². The molecule has 0 spiro atoms. The van der Waals surface area contributed by atoms with Crippen molar-refractivity contribution in [1.29, 1.82) is 0 Å². The monoisotopic (exact) mass is 295 g/mol. The number of hydrogen-bond acceptors (Lipinski definition) is 4. The Morgan fingerprint density at radius 2 is 2.20 bits per heavy atom. The van der Waals surface area contributed by atoms with Crippen molar-refractivity contribution in [2.75, 3.05) is 6.61 Å². The van der Waals surface area contributed by atoms with Crippen molar-refractivity contribution in [3.05, 3.63) is 47.3 Å². The summed E-state index contributed by atoms with van der Waals surface area (Å²) in [4.78, 5) is 11.7. The van der Waals surface area contributed by atoms with Crippen LogP contribution in [0.1, 0.15) is 28.5 Å². The van der Waals surface area contributed by atoms with Gasteiger partial charge < -0.3 is 10.5 Å². The summed E-state index contributed by atoms with van der Waals surface area (Å²) in [5, 5.41) is 4.33. The van der Waals surface area contributed by atoms with E-state index in [1.807, 2.05) is 24.3 Å². The summed E-state index contributed by atoms with van der Waals surface area (Å²) in [5.74, 6) is -0.346. The molecular formula is C14H18ClN3O2. The van der Waals surface area contributed by atoms with Crippen LogP contribution < -0.4 is 5.73 Å². The van der Waals surface area contributed by atoms with Crippen LogP contribution in [-0.2, 0) is 11.3 Å². The molecule has 0 atom stereocenters. The third kappa shape index (κ3) is 3.37. The molecule has 6 heteroatoms. The standard InChI is InChI=1S/C14H17N3O2.ClH/c1-3-19-14(18)13-9-17(16-10(13)2)12-6-4-5-11(7-12)8-15;/h4-7,9H,3,8,15H2,1-2H3;1H. The van der Waals surface area contributed by atoms with E-state index in [-0.39, 0.29) is 18.4 Å². The first-order valence-corrected chi connectivity index (χ1v) is 6.18. The molecule has 108 valence electrons. The summed E-state index contributed by atoms with van der Waals surface area (Å²) in [6.45, 7) is 4.39. The Bertz CT molecular complexity index is 596. The zero-order valence-electron chi connectivity index (χ0n) is 11.5. The highest BCUT2D eigenvalue weighted by atomic mass is 35.5. The van der Waals surface area contributed by atoms with Crippen LogP contribution in [0.3, 0.4) is 0 Å². The lowest BCUT2D eigenvalue weighted by Gasteiger charge is -2.03. The second-order valence-corrected chi connectivity index (χ2v) is 4.17. The van der Waals surface area contributed by atoms with Crippen molar-refractivity contribution in [2.24, 2.45) is 5.73 Å². The molecule has 0 aliphatic heterocycles. The van der Waals surface area contributed by atoms with Gasteiger partial charge in [-0.2, -0.15) is 5.10 Å². The fourth-order valence-electron chi connectivity index (χ4n) is 1.83. The lowest BCUT2D eigenvalue weighted by Crippen LogP contribution is -2.04. The third-order valence-electron chi connectivity index (χ3n) is 2.81. The fraction of sp³-hybridized carbons (Fsp3) is 0.286. The van der Waals surface area contributed by atoms with Crippen LogP contribution >= 0.6 is 12.4 Å². The van der Waals surface area contributed by atoms with Gasteiger partial charge in [-0.05, 0) is 31.5 Å². The molecule has 0 fully saturated rings. The largest absolute Gasteiger partial charge is 0.462 e. The molecule has 2 rings (SSSR count). The summed E-state index contributed by atoms with van der Waals surface area (Å²) < 4.78 is 6.66. The van der Waals surface area contributed by atoms with E-state index in [0.717, 1.165) is 11.3 Å². The summed E-state index contributed by atoms with van der Waals surface area (Å²) in [5.41, 5.74) is 8.65. The number of carbonyl (C=O) groups excluding carboxylic acids is 1. The van der Waals surface area contributed by atoms with Crippen LogP contribution in [0.15, 0.2) is 30.5 Å². The van der Waals surface area contributed by atoms with E-state index >= 15 is 0 Å². The zero-order chi connectivity index (χ0) is 13.8. The van der Waals surface area contributed by atoms with E-state index in [9.17, 15) is 4.79 Å². The molecule has 0 unspecified atom stereocenters. The first-order chi connectivity index (χ1) is 9.15. The zero-order valence-corrected chi connectivity index (χ0v) is 12.3. The maximum Gasteiger partial charge on any atom is 0.341 e. The molecule has 20 heavy (non-hydrogen) atoms. The maximum atomic E-state index is 11.7. The van der Waals surface area contributed by atoms with Crippen molar-refractivity contribution in [3.8, 4) is 5.69 Å². The van der Waals surface area contributed by atoms with Crippen LogP contribution in [0.2, 0.25) is 0 Å². The maximum absolute atomic E-state index is 11.7. The van der Waals surface area contributed by atoms with Crippen molar-refractivity contribution in [1.82, 2.24) is 9.78 Å². The molecule has 1 heterocycles. The van der Waals surface area contributed by atoms with Crippen molar-refractivity contribution >= 4 is 18.4 Å². The van der Waals surface area contributed by atoms with Crippen molar-refractivity contribution in [2.45, 2.75) is 20.4 Å². The Morgan fingerprint density at radius 1 is 1.45 bits per heavy atom. The summed E-state index contributed by atoms with van der Waals surface area (Å²) >= 11 is 0. The molecule has 5 nitrogen and oxygen atoms in total. The van der Waals surface area contributed by atoms with E-state index in [1.165, 1.54) is 0 Å². The number of esters is 1. The first kappa shape index (κ1) is 16.2. The Hall–Kier alpha value is -1.85. The molecule has 0 saturated carbocycles. The average molecular weight is 296 g/mol. The van der Waals surface area contributed by atoms with Gasteiger partial charge in [-0.15, -0.1) is 12.4 Å². The Labute approximate surface area is 124 Å². The van der Waals surface area contributed by atoms with E-state index in [1.54, 1.807) is 24.7 Å². The second-order valence-electron chi connectivity index (χ2n) is 4.17. The number of nitrogens with two attached hydrogens (primary N) is 1. The van der Waals surface area contributed by atoms with Gasteiger partial charge in [-0.3, -0.25) is 0 Å². The van der Waals surface area contributed by atoms with Crippen LogP contribution in [0.25, 0.3) is 5.69 Å². The van der Waals surface area contributed by atoms with Gasteiger partial charge in [0.25, 0.3) is 0 Å². The predicted octanol–water partition coefficient (Wildman–Crippen LogP) is 2.24. The van der Waals surface area contributed by atoms with Crippen LogP contribution in [0, 0.1) is 6.92 Å². The van der Waals surface area contributed by atoms with Gasteiger partial charge in [-0.1, -0.05) is 12.1 Å². The third-order valence-corrected chi connectivity index (χ3v) is 2.81. The molecule has 0 bridgehead atoms. The van der Waals surface area contributed by atoms with E-state index in [0.29, 0.717) is 24.4 Å².